The second kappa shape index (κ2) is 8.97. The fraction of sp³-hybridized carbons (Fsp3) is 0.261. The molecule has 0 saturated heterocycles. The minimum absolute atomic E-state index is 0.0353. The number of carbonyl (C=O) groups is 1. The highest BCUT2D eigenvalue weighted by atomic mass is 32.1. The Morgan fingerprint density at radius 1 is 1.09 bits per heavy atom. The molecule has 0 radical (unpaired) electrons. The summed E-state index contributed by atoms with van der Waals surface area (Å²) in [6, 6.07) is 6.65. The number of primary amides is 1. The van der Waals surface area contributed by atoms with Gasteiger partial charge < -0.3 is 21.3 Å². The molecule has 0 aliphatic rings. The average Bonchev–Trinajstić information content (AvgIpc) is 3.09. The van der Waals surface area contributed by atoms with Crippen molar-refractivity contribution in [3.05, 3.63) is 64.9 Å². The standard InChI is InChI=1S/C23H24F2N4O3S/c1-22(2,31)8-7-13-5-6-18(29-28-13)27-21-14(20(26)30)11-17(33-21)19-15(24)9-12(10-16(19)25)23(3,4)32/h5-11,31-32H,1-4H3,(H2,26,30)(H,27,29)/b8-7+. The van der Waals surface area contributed by atoms with Crippen LogP contribution in [0.15, 0.2) is 36.4 Å². The van der Waals surface area contributed by atoms with Gasteiger partial charge in [-0.05, 0) is 69.7 Å². The van der Waals surface area contributed by atoms with E-state index in [2.05, 4.69) is 15.5 Å². The highest BCUT2D eigenvalue weighted by molar-refractivity contribution is 7.20. The van der Waals surface area contributed by atoms with Crippen molar-refractivity contribution in [1.82, 2.24) is 10.2 Å². The van der Waals surface area contributed by atoms with Gasteiger partial charge in [0.2, 0.25) is 0 Å². The lowest BCUT2D eigenvalue weighted by atomic mass is 9.96. The molecule has 0 bridgehead atoms. The zero-order chi connectivity index (χ0) is 24.6. The molecule has 5 N–H and O–H groups in total. The number of benzene rings is 1. The van der Waals surface area contributed by atoms with Crippen LogP contribution in [0.1, 0.15) is 49.3 Å². The first-order valence-corrected chi connectivity index (χ1v) is 10.7. The largest absolute Gasteiger partial charge is 0.386 e. The first kappa shape index (κ1) is 24.4. The summed E-state index contributed by atoms with van der Waals surface area (Å²) in [4.78, 5) is 12.1. The molecule has 3 aromatic rings. The van der Waals surface area contributed by atoms with Gasteiger partial charge in [0.15, 0.2) is 5.82 Å². The zero-order valence-corrected chi connectivity index (χ0v) is 19.3. The molecule has 10 heteroatoms. The Morgan fingerprint density at radius 2 is 1.73 bits per heavy atom. The van der Waals surface area contributed by atoms with Gasteiger partial charge in [-0.25, -0.2) is 8.78 Å². The van der Waals surface area contributed by atoms with Gasteiger partial charge >= 0.3 is 0 Å². The van der Waals surface area contributed by atoms with Gasteiger partial charge in [-0.1, -0.05) is 6.08 Å². The Hall–Kier alpha value is -3.21. The number of thiophene rings is 1. The molecule has 0 spiro atoms. The van der Waals surface area contributed by atoms with Gasteiger partial charge in [-0.3, -0.25) is 4.79 Å². The van der Waals surface area contributed by atoms with Crippen molar-refractivity contribution in [3.8, 4) is 10.4 Å². The second-order valence-electron chi connectivity index (χ2n) is 8.55. The summed E-state index contributed by atoms with van der Waals surface area (Å²) in [5, 5.41) is 31.0. The van der Waals surface area contributed by atoms with Crippen LogP contribution in [0.4, 0.5) is 19.6 Å². The monoisotopic (exact) mass is 474 g/mol. The van der Waals surface area contributed by atoms with Crippen LogP contribution < -0.4 is 11.1 Å². The minimum Gasteiger partial charge on any atom is -0.386 e. The van der Waals surface area contributed by atoms with E-state index in [0.717, 1.165) is 23.5 Å². The summed E-state index contributed by atoms with van der Waals surface area (Å²) < 4.78 is 29.5. The van der Waals surface area contributed by atoms with Crippen LogP contribution in [0.5, 0.6) is 0 Å². The summed E-state index contributed by atoms with van der Waals surface area (Å²) >= 11 is 0.926. The molecule has 2 heterocycles. The first-order valence-electron chi connectivity index (χ1n) is 9.93. The van der Waals surface area contributed by atoms with E-state index in [9.17, 15) is 23.8 Å². The fourth-order valence-corrected chi connectivity index (χ4v) is 3.97. The molecule has 33 heavy (non-hydrogen) atoms. The lowest BCUT2D eigenvalue weighted by Crippen LogP contribution is -2.16. The van der Waals surface area contributed by atoms with Crippen molar-refractivity contribution in [2.75, 3.05) is 5.32 Å². The van der Waals surface area contributed by atoms with Gasteiger partial charge in [-0.2, -0.15) is 0 Å². The summed E-state index contributed by atoms with van der Waals surface area (Å²) in [6.45, 7) is 6.09. The molecular formula is C23H24F2N4O3S. The van der Waals surface area contributed by atoms with Gasteiger partial charge in [-0.15, -0.1) is 21.5 Å². The van der Waals surface area contributed by atoms with Crippen LogP contribution in [0.25, 0.3) is 16.5 Å². The van der Waals surface area contributed by atoms with Gasteiger partial charge in [0.05, 0.1) is 28.0 Å². The van der Waals surface area contributed by atoms with Crippen molar-refractivity contribution in [3.63, 3.8) is 0 Å². The van der Waals surface area contributed by atoms with E-state index in [4.69, 9.17) is 5.73 Å². The Labute approximate surface area is 193 Å². The minimum atomic E-state index is -1.42. The number of hydrogen-bond acceptors (Lipinski definition) is 7. The SMILES string of the molecule is CC(C)(O)/C=C/c1ccc(Nc2sc(-c3c(F)cc(C(C)(C)O)cc3F)cc2C(N)=O)nn1. The maximum absolute atomic E-state index is 14.8. The fourth-order valence-electron chi connectivity index (χ4n) is 2.86. The van der Waals surface area contributed by atoms with E-state index in [1.165, 1.54) is 19.9 Å². The zero-order valence-electron chi connectivity index (χ0n) is 18.5. The predicted molar refractivity (Wildman–Crippen MR) is 124 cm³/mol. The number of nitrogens with one attached hydrogen (secondary N) is 1. The maximum Gasteiger partial charge on any atom is 0.251 e. The van der Waals surface area contributed by atoms with Crippen molar-refractivity contribution >= 4 is 34.1 Å². The Kier molecular flexibility index (Phi) is 6.64. The number of carbonyl (C=O) groups excluding carboxylic acids is 1. The number of halogens is 2. The van der Waals surface area contributed by atoms with Gasteiger partial charge in [0, 0.05) is 4.88 Å². The molecule has 3 rings (SSSR count). The van der Waals surface area contributed by atoms with Crippen LogP contribution in [-0.2, 0) is 5.60 Å². The van der Waals surface area contributed by atoms with Crippen molar-refractivity contribution in [2.45, 2.75) is 38.9 Å². The van der Waals surface area contributed by atoms with Crippen LogP contribution in [0.3, 0.4) is 0 Å². The summed E-state index contributed by atoms with van der Waals surface area (Å²) in [5.74, 6) is -2.26. The highest BCUT2D eigenvalue weighted by Gasteiger charge is 2.24. The molecule has 1 aromatic carbocycles. The average molecular weight is 475 g/mol. The summed E-state index contributed by atoms with van der Waals surface area (Å²) in [7, 11) is 0. The number of nitrogens with zero attached hydrogens (tertiary/aromatic N) is 2. The number of aromatic nitrogens is 2. The van der Waals surface area contributed by atoms with Crippen LogP contribution >= 0.6 is 11.3 Å². The first-order chi connectivity index (χ1) is 15.2. The molecule has 0 saturated carbocycles. The van der Waals surface area contributed by atoms with Crippen molar-refractivity contribution < 1.29 is 23.8 Å². The summed E-state index contributed by atoms with van der Waals surface area (Å²) in [5.41, 5.74) is 3.32. The molecule has 174 valence electrons. The molecule has 0 fully saturated rings. The predicted octanol–water partition coefficient (Wildman–Crippen LogP) is 4.34. The van der Waals surface area contributed by atoms with Crippen LogP contribution in [-0.4, -0.2) is 31.9 Å². The molecular weight excluding hydrogens is 450 g/mol. The quantitative estimate of drug-likeness (QED) is 0.404. The molecule has 0 unspecified atom stereocenters. The number of rotatable bonds is 7. The normalized spacial score (nSPS) is 12.4. The number of amides is 1. The Balaban J connectivity index is 1.94. The second-order valence-corrected chi connectivity index (χ2v) is 9.60. The van der Waals surface area contributed by atoms with Crippen LogP contribution in [0.2, 0.25) is 0 Å². The topological polar surface area (TPSA) is 121 Å². The van der Waals surface area contributed by atoms with E-state index in [1.54, 1.807) is 38.1 Å². The third-order valence-electron chi connectivity index (χ3n) is 4.58. The lowest BCUT2D eigenvalue weighted by molar-refractivity contribution is 0.0778. The molecule has 0 aliphatic heterocycles. The van der Waals surface area contributed by atoms with Crippen molar-refractivity contribution in [2.24, 2.45) is 5.73 Å². The number of anilines is 2. The molecule has 2 aromatic heterocycles. The van der Waals surface area contributed by atoms with E-state index >= 15 is 0 Å². The lowest BCUT2D eigenvalue weighted by Gasteiger charge is -2.18. The van der Waals surface area contributed by atoms with Gasteiger partial charge in [0.25, 0.3) is 5.91 Å². The third kappa shape index (κ3) is 5.98. The number of nitrogens with two attached hydrogens (primary N) is 1. The third-order valence-corrected chi connectivity index (χ3v) is 5.65. The highest BCUT2D eigenvalue weighted by Crippen LogP contribution is 2.40. The smallest absolute Gasteiger partial charge is 0.251 e. The summed E-state index contributed by atoms with van der Waals surface area (Å²) in [6.07, 6.45) is 3.17. The van der Waals surface area contributed by atoms with Crippen molar-refractivity contribution in [1.29, 1.82) is 0 Å². The van der Waals surface area contributed by atoms with E-state index in [1.807, 2.05) is 0 Å². The number of aliphatic hydroxyl groups is 2. The van der Waals surface area contributed by atoms with Crippen LogP contribution in [0, 0.1) is 11.6 Å². The molecule has 0 atom stereocenters. The maximum atomic E-state index is 14.8. The Morgan fingerprint density at radius 3 is 2.21 bits per heavy atom. The Bertz CT molecular complexity index is 1190. The van der Waals surface area contributed by atoms with E-state index in [-0.39, 0.29) is 32.4 Å². The van der Waals surface area contributed by atoms with E-state index < -0.39 is 28.7 Å². The van der Waals surface area contributed by atoms with Gasteiger partial charge in [0.1, 0.15) is 16.6 Å². The molecule has 0 aliphatic carbocycles. The molecule has 1 amide bonds. The van der Waals surface area contributed by atoms with E-state index in [0.29, 0.717) is 5.69 Å². The molecule has 7 nitrogen and oxygen atoms in total. The number of hydrogen-bond donors (Lipinski definition) is 4.